The van der Waals surface area contributed by atoms with Crippen LogP contribution in [0.3, 0.4) is 0 Å². The van der Waals surface area contributed by atoms with E-state index in [0.717, 1.165) is 38.2 Å². The van der Waals surface area contributed by atoms with Gasteiger partial charge in [0.15, 0.2) is 0 Å². The Labute approximate surface area is 129 Å². The first-order valence-electron chi connectivity index (χ1n) is 7.61. The van der Waals surface area contributed by atoms with E-state index in [1.165, 1.54) is 0 Å². The van der Waals surface area contributed by atoms with E-state index in [2.05, 4.69) is 20.4 Å². The Morgan fingerprint density at radius 2 is 2.41 bits per heavy atom. The minimum Gasteiger partial charge on any atom is -0.364 e. The van der Waals surface area contributed by atoms with Crippen LogP contribution < -0.4 is 5.32 Å². The van der Waals surface area contributed by atoms with Crippen LogP contribution in [0, 0.1) is 5.92 Å². The van der Waals surface area contributed by atoms with Crippen molar-refractivity contribution in [3.05, 3.63) is 48.1 Å². The summed E-state index contributed by atoms with van der Waals surface area (Å²) < 4.78 is 4.87. The van der Waals surface area contributed by atoms with Gasteiger partial charge in [-0.05, 0) is 37.4 Å². The minimum atomic E-state index is -0.0540. The molecule has 0 aliphatic carbocycles. The van der Waals surface area contributed by atoms with E-state index >= 15 is 0 Å². The Kier molecular flexibility index (Phi) is 4.80. The van der Waals surface area contributed by atoms with Gasteiger partial charge in [0.05, 0.1) is 11.3 Å². The molecule has 3 heterocycles. The van der Waals surface area contributed by atoms with Gasteiger partial charge in [0, 0.05) is 38.1 Å². The highest BCUT2D eigenvalue weighted by Gasteiger charge is 2.21. The van der Waals surface area contributed by atoms with Crippen molar-refractivity contribution < 1.29 is 9.32 Å². The van der Waals surface area contributed by atoms with Crippen LogP contribution in [-0.4, -0.2) is 40.6 Å². The molecule has 1 fully saturated rings. The average Bonchev–Trinajstić information content (AvgIpc) is 3.07. The molecular weight excluding hydrogens is 280 g/mol. The highest BCUT2D eigenvalue weighted by Crippen LogP contribution is 2.17. The predicted octanol–water partition coefficient (Wildman–Crippen LogP) is 1.71. The van der Waals surface area contributed by atoms with Gasteiger partial charge in [-0.3, -0.25) is 14.7 Å². The van der Waals surface area contributed by atoms with Gasteiger partial charge >= 0.3 is 0 Å². The highest BCUT2D eigenvalue weighted by molar-refractivity contribution is 5.93. The summed E-state index contributed by atoms with van der Waals surface area (Å²) in [6.45, 7) is 3.55. The Morgan fingerprint density at radius 3 is 3.18 bits per heavy atom. The van der Waals surface area contributed by atoms with Gasteiger partial charge in [-0.1, -0.05) is 5.16 Å². The van der Waals surface area contributed by atoms with Crippen molar-refractivity contribution >= 4 is 5.91 Å². The number of carbonyl (C=O) groups is 1. The summed E-state index contributed by atoms with van der Waals surface area (Å²) in [7, 11) is 0. The molecule has 1 amide bonds. The molecule has 0 unspecified atom stereocenters. The summed E-state index contributed by atoms with van der Waals surface area (Å²) in [6.07, 6.45) is 7.14. The summed E-state index contributed by atoms with van der Waals surface area (Å²) in [5.74, 6) is 0.419. The van der Waals surface area contributed by atoms with Gasteiger partial charge in [-0.25, -0.2) is 0 Å². The number of nitrogens with zero attached hydrogens (tertiary/aromatic N) is 3. The van der Waals surface area contributed by atoms with Crippen LogP contribution in [0.15, 0.2) is 41.4 Å². The molecule has 0 spiro atoms. The van der Waals surface area contributed by atoms with Crippen LogP contribution in [0.25, 0.3) is 0 Å². The van der Waals surface area contributed by atoms with Crippen LogP contribution in [0.1, 0.15) is 28.9 Å². The van der Waals surface area contributed by atoms with Gasteiger partial charge in [0.1, 0.15) is 6.26 Å². The molecule has 6 heteroatoms. The van der Waals surface area contributed by atoms with E-state index < -0.39 is 0 Å². The molecule has 0 radical (unpaired) electrons. The Balaban J connectivity index is 1.47. The van der Waals surface area contributed by atoms with E-state index in [9.17, 15) is 4.79 Å². The lowest BCUT2D eigenvalue weighted by atomic mass is 9.97. The van der Waals surface area contributed by atoms with E-state index in [-0.39, 0.29) is 5.91 Å². The van der Waals surface area contributed by atoms with Crippen LogP contribution >= 0.6 is 0 Å². The molecular formula is C16H20N4O2. The standard InChI is InChI=1S/C16H20N4O2/c21-16(14-4-1-6-17-10-14)18-9-13-3-2-7-20(11-13)12-15-5-8-22-19-15/h1,4-6,8,10,13H,2-3,7,9,11-12H2,(H,18,21)/t13-/m0/s1. The number of nitrogens with one attached hydrogen (secondary N) is 1. The first-order valence-corrected chi connectivity index (χ1v) is 7.61. The number of pyridine rings is 1. The van der Waals surface area contributed by atoms with Gasteiger partial charge in [0.25, 0.3) is 5.91 Å². The maximum Gasteiger partial charge on any atom is 0.252 e. The molecule has 1 atom stereocenters. The summed E-state index contributed by atoms with van der Waals surface area (Å²) in [5, 5.41) is 6.96. The summed E-state index contributed by atoms with van der Waals surface area (Å²) in [5.41, 5.74) is 1.57. The molecule has 22 heavy (non-hydrogen) atoms. The largest absolute Gasteiger partial charge is 0.364 e. The van der Waals surface area contributed by atoms with Gasteiger partial charge in [-0.15, -0.1) is 0 Å². The lowest BCUT2D eigenvalue weighted by molar-refractivity contribution is 0.0929. The third kappa shape index (κ3) is 3.92. The van der Waals surface area contributed by atoms with Crippen LogP contribution in [-0.2, 0) is 6.54 Å². The zero-order chi connectivity index (χ0) is 15.2. The first kappa shape index (κ1) is 14.7. The van der Waals surface area contributed by atoms with Crippen molar-refractivity contribution in [2.45, 2.75) is 19.4 Å². The fourth-order valence-corrected chi connectivity index (χ4v) is 2.85. The summed E-state index contributed by atoms with van der Waals surface area (Å²) >= 11 is 0. The lowest BCUT2D eigenvalue weighted by Crippen LogP contribution is -2.40. The molecule has 0 aromatic carbocycles. The number of hydrogen-bond donors (Lipinski definition) is 1. The molecule has 1 aliphatic rings. The zero-order valence-corrected chi connectivity index (χ0v) is 12.4. The molecule has 1 N–H and O–H groups in total. The number of rotatable bonds is 5. The number of piperidine rings is 1. The Morgan fingerprint density at radius 1 is 1.45 bits per heavy atom. The first-order chi connectivity index (χ1) is 10.8. The Bertz CT molecular complexity index is 585. The summed E-state index contributed by atoms with van der Waals surface area (Å²) in [4.78, 5) is 18.4. The highest BCUT2D eigenvalue weighted by atomic mass is 16.5. The second kappa shape index (κ2) is 7.17. The topological polar surface area (TPSA) is 71.3 Å². The molecule has 2 aromatic rings. The number of amides is 1. The molecule has 116 valence electrons. The number of likely N-dealkylation sites (tertiary alicyclic amines) is 1. The zero-order valence-electron chi connectivity index (χ0n) is 12.4. The quantitative estimate of drug-likeness (QED) is 0.910. The van der Waals surface area contributed by atoms with Crippen molar-refractivity contribution in [1.82, 2.24) is 20.4 Å². The number of aromatic nitrogens is 2. The second-order valence-electron chi connectivity index (χ2n) is 5.69. The Hall–Kier alpha value is -2.21. The minimum absolute atomic E-state index is 0.0540. The maximum absolute atomic E-state index is 12.0. The van der Waals surface area contributed by atoms with Crippen LogP contribution in [0.4, 0.5) is 0 Å². The van der Waals surface area contributed by atoms with Gasteiger partial charge in [0.2, 0.25) is 0 Å². The number of carbonyl (C=O) groups excluding carboxylic acids is 1. The molecule has 0 bridgehead atoms. The van der Waals surface area contributed by atoms with E-state index in [0.29, 0.717) is 18.0 Å². The van der Waals surface area contributed by atoms with Crippen molar-refractivity contribution in [3.8, 4) is 0 Å². The fourth-order valence-electron chi connectivity index (χ4n) is 2.85. The predicted molar refractivity (Wildman–Crippen MR) is 81.1 cm³/mol. The van der Waals surface area contributed by atoms with Gasteiger partial charge < -0.3 is 9.84 Å². The molecule has 3 rings (SSSR count). The molecule has 1 saturated heterocycles. The molecule has 0 saturated carbocycles. The second-order valence-corrected chi connectivity index (χ2v) is 5.69. The van der Waals surface area contributed by atoms with Crippen molar-refractivity contribution in [2.75, 3.05) is 19.6 Å². The number of hydrogen-bond acceptors (Lipinski definition) is 5. The normalized spacial score (nSPS) is 19.0. The molecule has 2 aromatic heterocycles. The summed E-state index contributed by atoms with van der Waals surface area (Å²) in [6, 6.07) is 5.45. The monoisotopic (exact) mass is 300 g/mol. The van der Waals surface area contributed by atoms with Crippen LogP contribution in [0.5, 0.6) is 0 Å². The van der Waals surface area contributed by atoms with Crippen molar-refractivity contribution in [1.29, 1.82) is 0 Å². The fraction of sp³-hybridized carbons (Fsp3) is 0.438. The van der Waals surface area contributed by atoms with E-state index in [1.54, 1.807) is 30.8 Å². The third-order valence-electron chi connectivity index (χ3n) is 3.95. The van der Waals surface area contributed by atoms with Crippen molar-refractivity contribution in [2.24, 2.45) is 5.92 Å². The van der Waals surface area contributed by atoms with E-state index in [4.69, 9.17) is 4.52 Å². The van der Waals surface area contributed by atoms with Gasteiger partial charge in [-0.2, -0.15) is 0 Å². The third-order valence-corrected chi connectivity index (χ3v) is 3.95. The smallest absolute Gasteiger partial charge is 0.252 e. The molecule has 6 nitrogen and oxygen atoms in total. The van der Waals surface area contributed by atoms with E-state index in [1.807, 2.05) is 6.07 Å². The lowest BCUT2D eigenvalue weighted by Gasteiger charge is -2.32. The SMILES string of the molecule is O=C(NC[C@@H]1CCCN(Cc2ccon2)C1)c1cccnc1. The van der Waals surface area contributed by atoms with Crippen LogP contribution in [0.2, 0.25) is 0 Å². The average molecular weight is 300 g/mol. The van der Waals surface area contributed by atoms with Crippen molar-refractivity contribution in [3.63, 3.8) is 0 Å². The molecule has 1 aliphatic heterocycles. The maximum atomic E-state index is 12.0.